The van der Waals surface area contributed by atoms with Crippen LogP contribution in [-0.2, 0) is 11.2 Å². The van der Waals surface area contributed by atoms with Gasteiger partial charge in [-0.3, -0.25) is 9.78 Å². The largest absolute Gasteiger partial charge is 0.491 e. The SMILES string of the molecule is CC(N)Cc1ccc(OCC(C)C(N)=O)cn1. The van der Waals surface area contributed by atoms with Crippen molar-refractivity contribution in [2.75, 3.05) is 6.61 Å². The van der Waals surface area contributed by atoms with E-state index in [1.807, 2.05) is 19.1 Å². The van der Waals surface area contributed by atoms with Crippen LogP contribution in [0.2, 0.25) is 0 Å². The molecule has 0 radical (unpaired) electrons. The number of carbonyl (C=O) groups excluding carboxylic acids is 1. The first kappa shape index (κ1) is 13.4. The van der Waals surface area contributed by atoms with Crippen molar-refractivity contribution >= 4 is 5.91 Å². The number of rotatable bonds is 6. The van der Waals surface area contributed by atoms with Crippen LogP contribution in [0.4, 0.5) is 0 Å². The Balaban J connectivity index is 2.48. The molecule has 0 spiro atoms. The van der Waals surface area contributed by atoms with Gasteiger partial charge in [-0.2, -0.15) is 0 Å². The maximum atomic E-state index is 10.8. The predicted octanol–water partition coefficient (Wildman–Crippen LogP) is 0.472. The summed E-state index contributed by atoms with van der Waals surface area (Å²) in [5.74, 6) is -0.0446. The van der Waals surface area contributed by atoms with Crippen molar-refractivity contribution in [2.45, 2.75) is 26.3 Å². The molecular weight excluding hydrogens is 218 g/mol. The van der Waals surface area contributed by atoms with Gasteiger partial charge in [0.15, 0.2) is 0 Å². The summed E-state index contributed by atoms with van der Waals surface area (Å²) in [5, 5.41) is 0. The van der Waals surface area contributed by atoms with E-state index in [2.05, 4.69) is 4.98 Å². The first-order valence-electron chi connectivity index (χ1n) is 5.61. The Labute approximate surface area is 101 Å². The normalized spacial score (nSPS) is 14.1. The molecule has 1 heterocycles. The highest BCUT2D eigenvalue weighted by molar-refractivity contribution is 5.76. The molecule has 1 amide bonds. The first-order valence-corrected chi connectivity index (χ1v) is 5.61. The zero-order chi connectivity index (χ0) is 12.8. The van der Waals surface area contributed by atoms with Crippen LogP contribution in [0.5, 0.6) is 5.75 Å². The highest BCUT2D eigenvalue weighted by atomic mass is 16.5. The number of primary amides is 1. The zero-order valence-electron chi connectivity index (χ0n) is 10.2. The molecule has 2 unspecified atom stereocenters. The fraction of sp³-hybridized carbons (Fsp3) is 0.500. The van der Waals surface area contributed by atoms with Crippen molar-refractivity contribution in [3.63, 3.8) is 0 Å². The van der Waals surface area contributed by atoms with Crippen LogP contribution in [0.15, 0.2) is 18.3 Å². The van der Waals surface area contributed by atoms with E-state index in [-0.39, 0.29) is 24.5 Å². The monoisotopic (exact) mass is 237 g/mol. The Morgan fingerprint density at radius 1 is 1.47 bits per heavy atom. The molecule has 0 aliphatic rings. The average Bonchev–Trinajstić information content (AvgIpc) is 2.26. The molecule has 0 bridgehead atoms. The molecule has 1 aromatic rings. The van der Waals surface area contributed by atoms with Gasteiger partial charge < -0.3 is 16.2 Å². The van der Waals surface area contributed by atoms with Crippen LogP contribution < -0.4 is 16.2 Å². The highest BCUT2D eigenvalue weighted by Crippen LogP contribution is 2.11. The quantitative estimate of drug-likeness (QED) is 0.752. The number of carbonyl (C=O) groups is 1. The molecule has 5 nitrogen and oxygen atoms in total. The van der Waals surface area contributed by atoms with Crippen molar-refractivity contribution in [2.24, 2.45) is 17.4 Å². The number of aromatic nitrogens is 1. The smallest absolute Gasteiger partial charge is 0.223 e. The fourth-order valence-electron chi connectivity index (χ4n) is 1.25. The van der Waals surface area contributed by atoms with E-state index in [0.29, 0.717) is 5.75 Å². The maximum absolute atomic E-state index is 10.8. The van der Waals surface area contributed by atoms with Gasteiger partial charge in [0, 0.05) is 18.2 Å². The Hall–Kier alpha value is -1.62. The van der Waals surface area contributed by atoms with E-state index in [1.54, 1.807) is 13.1 Å². The number of nitrogens with two attached hydrogens (primary N) is 2. The van der Waals surface area contributed by atoms with E-state index in [1.165, 1.54) is 0 Å². The fourth-order valence-corrected chi connectivity index (χ4v) is 1.25. The van der Waals surface area contributed by atoms with Gasteiger partial charge in [-0.1, -0.05) is 6.92 Å². The Morgan fingerprint density at radius 3 is 2.65 bits per heavy atom. The predicted molar refractivity (Wildman–Crippen MR) is 65.4 cm³/mol. The molecule has 1 rings (SSSR count). The van der Waals surface area contributed by atoms with Gasteiger partial charge in [0.2, 0.25) is 5.91 Å². The zero-order valence-corrected chi connectivity index (χ0v) is 10.2. The highest BCUT2D eigenvalue weighted by Gasteiger charge is 2.09. The minimum Gasteiger partial charge on any atom is -0.491 e. The molecule has 0 aromatic carbocycles. The molecule has 0 fully saturated rings. The van der Waals surface area contributed by atoms with Gasteiger partial charge in [-0.15, -0.1) is 0 Å². The van der Waals surface area contributed by atoms with Crippen LogP contribution in [-0.4, -0.2) is 23.5 Å². The maximum Gasteiger partial charge on any atom is 0.223 e. The summed E-state index contributed by atoms with van der Waals surface area (Å²) in [6.07, 6.45) is 2.36. The second-order valence-electron chi connectivity index (χ2n) is 4.28. The summed E-state index contributed by atoms with van der Waals surface area (Å²) in [6.45, 7) is 3.92. The topological polar surface area (TPSA) is 91.2 Å². The Bertz CT molecular complexity index is 363. The summed E-state index contributed by atoms with van der Waals surface area (Å²) < 4.78 is 5.39. The Morgan fingerprint density at radius 2 is 2.18 bits per heavy atom. The standard InChI is InChI=1S/C12H19N3O2/c1-8(12(14)16)7-17-11-4-3-10(15-6-11)5-9(2)13/h3-4,6,8-9H,5,7,13H2,1-2H3,(H2,14,16). The van der Waals surface area contributed by atoms with Gasteiger partial charge in [0.1, 0.15) is 5.75 Å². The van der Waals surface area contributed by atoms with Crippen molar-refractivity contribution in [3.8, 4) is 5.75 Å². The summed E-state index contributed by atoms with van der Waals surface area (Å²) in [4.78, 5) is 15.0. The van der Waals surface area contributed by atoms with E-state index in [0.717, 1.165) is 12.1 Å². The Kier molecular flexibility index (Phi) is 4.90. The van der Waals surface area contributed by atoms with E-state index >= 15 is 0 Å². The number of hydrogen-bond acceptors (Lipinski definition) is 4. The second-order valence-corrected chi connectivity index (χ2v) is 4.28. The summed E-state index contributed by atoms with van der Waals surface area (Å²) in [5.41, 5.74) is 11.7. The third-order valence-corrected chi connectivity index (χ3v) is 2.31. The molecule has 5 heteroatoms. The van der Waals surface area contributed by atoms with Gasteiger partial charge >= 0.3 is 0 Å². The molecule has 4 N–H and O–H groups in total. The van der Waals surface area contributed by atoms with E-state index < -0.39 is 0 Å². The average molecular weight is 237 g/mol. The van der Waals surface area contributed by atoms with Crippen LogP contribution in [0.3, 0.4) is 0 Å². The van der Waals surface area contributed by atoms with Crippen LogP contribution in [0.1, 0.15) is 19.5 Å². The summed E-state index contributed by atoms with van der Waals surface area (Å²) in [6, 6.07) is 3.77. The summed E-state index contributed by atoms with van der Waals surface area (Å²) in [7, 11) is 0. The number of ether oxygens (including phenoxy) is 1. The molecule has 17 heavy (non-hydrogen) atoms. The summed E-state index contributed by atoms with van der Waals surface area (Å²) >= 11 is 0. The number of amides is 1. The van der Waals surface area contributed by atoms with Crippen molar-refractivity contribution in [1.29, 1.82) is 0 Å². The first-order chi connectivity index (χ1) is 7.99. The van der Waals surface area contributed by atoms with Gasteiger partial charge in [-0.05, 0) is 19.1 Å². The van der Waals surface area contributed by atoms with Gasteiger partial charge in [0.05, 0.1) is 18.7 Å². The minimum atomic E-state index is -0.369. The van der Waals surface area contributed by atoms with Gasteiger partial charge in [0.25, 0.3) is 0 Å². The third-order valence-electron chi connectivity index (χ3n) is 2.31. The van der Waals surface area contributed by atoms with Crippen LogP contribution >= 0.6 is 0 Å². The minimum absolute atomic E-state index is 0.0872. The molecule has 0 saturated carbocycles. The molecular formula is C12H19N3O2. The van der Waals surface area contributed by atoms with Crippen LogP contribution in [0.25, 0.3) is 0 Å². The molecule has 0 saturated heterocycles. The van der Waals surface area contributed by atoms with E-state index in [9.17, 15) is 4.79 Å². The molecule has 0 aliphatic carbocycles. The number of hydrogen-bond donors (Lipinski definition) is 2. The number of pyridine rings is 1. The van der Waals surface area contributed by atoms with Crippen molar-refractivity contribution in [1.82, 2.24) is 4.98 Å². The lowest BCUT2D eigenvalue weighted by Gasteiger charge is -2.10. The lowest BCUT2D eigenvalue weighted by molar-refractivity contribution is -0.122. The van der Waals surface area contributed by atoms with Crippen LogP contribution in [0, 0.1) is 5.92 Å². The third kappa shape index (κ3) is 4.82. The lowest BCUT2D eigenvalue weighted by Crippen LogP contribution is -2.25. The van der Waals surface area contributed by atoms with Gasteiger partial charge in [-0.25, -0.2) is 0 Å². The second kappa shape index (κ2) is 6.20. The molecule has 2 atom stereocenters. The molecule has 0 aliphatic heterocycles. The van der Waals surface area contributed by atoms with Crippen molar-refractivity contribution in [3.05, 3.63) is 24.0 Å². The molecule has 94 valence electrons. The molecule has 1 aromatic heterocycles. The van der Waals surface area contributed by atoms with E-state index in [4.69, 9.17) is 16.2 Å². The van der Waals surface area contributed by atoms with Crippen molar-refractivity contribution < 1.29 is 9.53 Å². The number of nitrogens with zero attached hydrogens (tertiary/aromatic N) is 1. The lowest BCUT2D eigenvalue weighted by atomic mass is 10.2.